The van der Waals surface area contributed by atoms with Crippen LogP contribution in [0.4, 0.5) is 0 Å². The van der Waals surface area contributed by atoms with E-state index in [0.29, 0.717) is 37.4 Å². The number of piperidine rings is 1. The van der Waals surface area contributed by atoms with Gasteiger partial charge in [0.15, 0.2) is 0 Å². The molecule has 1 saturated heterocycles. The molecule has 1 aliphatic rings. The average Bonchev–Trinajstić information content (AvgIpc) is 2.53. The number of halogens is 1. The first-order valence-electron chi connectivity index (χ1n) is 7.54. The van der Waals surface area contributed by atoms with Gasteiger partial charge in [-0.2, -0.15) is 0 Å². The molecule has 1 aromatic rings. The van der Waals surface area contributed by atoms with Gasteiger partial charge in [0, 0.05) is 37.0 Å². The number of benzene rings is 1. The van der Waals surface area contributed by atoms with Crippen molar-refractivity contribution in [2.75, 3.05) is 19.0 Å². The van der Waals surface area contributed by atoms with Gasteiger partial charge in [-0.1, -0.05) is 6.07 Å². The Morgan fingerprint density at radius 1 is 1.32 bits per heavy atom. The molecule has 2 N–H and O–H groups in total. The topological polar surface area (TPSA) is 69.6 Å². The summed E-state index contributed by atoms with van der Waals surface area (Å²) >= 11 is 5.60. The van der Waals surface area contributed by atoms with Crippen molar-refractivity contribution in [1.29, 1.82) is 0 Å². The van der Waals surface area contributed by atoms with E-state index in [2.05, 4.69) is 5.32 Å². The monoisotopic (exact) mass is 324 g/mol. The van der Waals surface area contributed by atoms with E-state index in [0.717, 1.165) is 12.8 Å². The van der Waals surface area contributed by atoms with Crippen molar-refractivity contribution in [2.24, 2.45) is 0 Å². The number of hydrogen-bond acceptors (Lipinski definition) is 3. The van der Waals surface area contributed by atoms with Crippen LogP contribution in [0.25, 0.3) is 0 Å². The van der Waals surface area contributed by atoms with E-state index in [4.69, 9.17) is 11.6 Å². The standard InChI is InChI=1S/C16H21ClN2O3/c17-8-2-5-15(21)19-9-6-13(7-10-19)18-16(22)12-3-1-4-14(20)11-12/h1,3-4,11,13,20H,2,5-10H2,(H,18,22). The minimum atomic E-state index is -0.192. The highest BCUT2D eigenvalue weighted by Crippen LogP contribution is 2.15. The number of amides is 2. The summed E-state index contributed by atoms with van der Waals surface area (Å²) in [4.78, 5) is 25.8. The van der Waals surface area contributed by atoms with Crippen molar-refractivity contribution in [3.8, 4) is 5.75 Å². The van der Waals surface area contributed by atoms with Crippen molar-refractivity contribution >= 4 is 23.4 Å². The molecule has 22 heavy (non-hydrogen) atoms. The van der Waals surface area contributed by atoms with Gasteiger partial charge in [-0.15, -0.1) is 11.6 Å². The zero-order valence-corrected chi connectivity index (χ0v) is 13.2. The second kappa shape index (κ2) is 8.03. The average molecular weight is 325 g/mol. The normalized spacial score (nSPS) is 15.6. The van der Waals surface area contributed by atoms with Crippen molar-refractivity contribution in [2.45, 2.75) is 31.7 Å². The third-order valence-corrected chi connectivity index (χ3v) is 4.08. The van der Waals surface area contributed by atoms with E-state index >= 15 is 0 Å². The number of nitrogens with zero attached hydrogens (tertiary/aromatic N) is 1. The minimum absolute atomic E-state index is 0.0620. The molecule has 1 fully saturated rings. The predicted molar refractivity (Wildman–Crippen MR) is 85.1 cm³/mol. The molecule has 1 aromatic carbocycles. The van der Waals surface area contributed by atoms with Crippen molar-refractivity contribution in [3.05, 3.63) is 29.8 Å². The Balaban J connectivity index is 1.80. The number of likely N-dealkylation sites (tertiary alicyclic amines) is 1. The van der Waals surface area contributed by atoms with E-state index < -0.39 is 0 Å². The highest BCUT2D eigenvalue weighted by molar-refractivity contribution is 6.17. The van der Waals surface area contributed by atoms with Crippen LogP contribution >= 0.6 is 11.6 Å². The van der Waals surface area contributed by atoms with Crippen molar-refractivity contribution in [1.82, 2.24) is 10.2 Å². The van der Waals surface area contributed by atoms with Crippen LogP contribution in [0.5, 0.6) is 5.75 Å². The van der Waals surface area contributed by atoms with E-state index in [1.807, 2.05) is 4.90 Å². The lowest BCUT2D eigenvalue weighted by atomic mass is 10.0. The highest BCUT2D eigenvalue weighted by Gasteiger charge is 2.23. The molecule has 0 bridgehead atoms. The Bertz CT molecular complexity index is 528. The molecule has 2 amide bonds. The second-order valence-electron chi connectivity index (χ2n) is 5.47. The first-order chi connectivity index (χ1) is 10.6. The van der Waals surface area contributed by atoms with Crippen molar-refractivity contribution < 1.29 is 14.7 Å². The van der Waals surface area contributed by atoms with Crippen LogP contribution < -0.4 is 5.32 Å². The maximum atomic E-state index is 12.1. The zero-order valence-electron chi connectivity index (χ0n) is 12.4. The third-order valence-electron chi connectivity index (χ3n) is 3.82. The summed E-state index contributed by atoms with van der Waals surface area (Å²) in [5, 5.41) is 12.4. The van der Waals surface area contributed by atoms with Gasteiger partial charge < -0.3 is 15.3 Å². The minimum Gasteiger partial charge on any atom is -0.508 e. The quantitative estimate of drug-likeness (QED) is 0.815. The van der Waals surface area contributed by atoms with Crippen LogP contribution in [0.1, 0.15) is 36.0 Å². The van der Waals surface area contributed by atoms with Gasteiger partial charge in [-0.05, 0) is 37.5 Å². The number of carbonyl (C=O) groups is 2. The SMILES string of the molecule is O=C(NC1CCN(C(=O)CCCCl)CC1)c1cccc(O)c1. The fraction of sp³-hybridized carbons (Fsp3) is 0.500. The molecular weight excluding hydrogens is 304 g/mol. The largest absolute Gasteiger partial charge is 0.508 e. The Morgan fingerprint density at radius 3 is 2.68 bits per heavy atom. The van der Waals surface area contributed by atoms with E-state index in [-0.39, 0.29) is 23.6 Å². The summed E-state index contributed by atoms with van der Waals surface area (Å²) in [6.07, 6.45) is 2.69. The fourth-order valence-corrected chi connectivity index (χ4v) is 2.70. The molecule has 0 aliphatic carbocycles. The van der Waals surface area contributed by atoms with Crippen LogP contribution in [0.15, 0.2) is 24.3 Å². The van der Waals surface area contributed by atoms with Gasteiger partial charge >= 0.3 is 0 Å². The molecule has 6 heteroatoms. The molecule has 0 spiro atoms. The maximum Gasteiger partial charge on any atom is 0.251 e. The first kappa shape index (κ1) is 16.6. The molecule has 120 valence electrons. The number of phenols is 1. The number of rotatable bonds is 5. The number of phenolic OH excluding ortho intramolecular Hbond substituents is 1. The summed E-state index contributed by atoms with van der Waals surface area (Å²) in [6, 6.07) is 6.34. The summed E-state index contributed by atoms with van der Waals surface area (Å²) in [5.74, 6) is 0.524. The van der Waals surface area contributed by atoms with E-state index in [1.165, 1.54) is 12.1 Å². The zero-order chi connectivity index (χ0) is 15.9. The van der Waals surface area contributed by atoms with Crippen LogP contribution in [0.2, 0.25) is 0 Å². The molecule has 0 saturated carbocycles. The molecule has 2 rings (SSSR count). The molecule has 5 nitrogen and oxygen atoms in total. The number of hydrogen-bond donors (Lipinski definition) is 2. The van der Waals surface area contributed by atoms with Crippen LogP contribution in [-0.4, -0.2) is 46.8 Å². The summed E-state index contributed by atoms with van der Waals surface area (Å²) in [6.45, 7) is 1.32. The lowest BCUT2D eigenvalue weighted by molar-refractivity contribution is -0.132. The van der Waals surface area contributed by atoms with Gasteiger partial charge in [0.2, 0.25) is 5.91 Å². The molecule has 0 unspecified atom stereocenters. The Labute approximate surface area is 135 Å². The predicted octanol–water partition coefficient (Wildman–Crippen LogP) is 2.13. The van der Waals surface area contributed by atoms with Gasteiger partial charge in [0.05, 0.1) is 0 Å². The fourth-order valence-electron chi connectivity index (χ4n) is 2.57. The van der Waals surface area contributed by atoms with E-state index in [1.54, 1.807) is 12.1 Å². The van der Waals surface area contributed by atoms with Gasteiger partial charge in [-0.25, -0.2) is 0 Å². The van der Waals surface area contributed by atoms with Crippen LogP contribution in [0, 0.1) is 0 Å². The Hall–Kier alpha value is -1.75. The first-order valence-corrected chi connectivity index (χ1v) is 8.07. The molecule has 0 radical (unpaired) electrons. The lowest BCUT2D eigenvalue weighted by Gasteiger charge is -2.32. The summed E-state index contributed by atoms with van der Waals surface area (Å²) in [5.41, 5.74) is 0.445. The van der Waals surface area contributed by atoms with Gasteiger partial charge in [0.1, 0.15) is 5.75 Å². The van der Waals surface area contributed by atoms with E-state index in [9.17, 15) is 14.7 Å². The second-order valence-corrected chi connectivity index (χ2v) is 5.85. The van der Waals surface area contributed by atoms with Gasteiger partial charge in [0.25, 0.3) is 5.91 Å². The molecule has 1 aliphatic heterocycles. The number of nitrogens with one attached hydrogen (secondary N) is 1. The van der Waals surface area contributed by atoms with Crippen LogP contribution in [0.3, 0.4) is 0 Å². The smallest absolute Gasteiger partial charge is 0.251 e. The number of alkyl halides is 1. The molecule has 0 atom stereocenters. The number of carbonyl (C=O) groups excluding carboxylic acids is 2. The molecule has 1 heterocycles. The van der Waals surface area contributed by atoms with Crippen molar-refractivity contribution in [3.63, 3.8) is 0 Å². The summed E-state index contributed by atoms with van der Waals surface area (Å²) in [7, 11) is 0. The lowest BCUT2D eigenvalue weighted by Crippen LogP contribution is -2.46. The third kappa shape index (κ3) is 4.63. The van der Waals surface area contributed by atoms with Gasteiger partial charge in [-0.3, -0.25) is 9.59 Å². The molecule has 0 aromatic heterocycles. The Morgan fingerprint density at radius 2 is 2.05 bits per heavy atom. The number of aromatic hydroxyl groups is 1. The molecular formula is C16H21ClN2O3. The summed E-state index contributed by atoms with van der Waals surface area (Å²) < 4.78 is 0. The Kier molecular flexibility index (Phi) is 6.07. The highest BCUT2D eigenvalue weighted by atomic mass is 35.5. The maximum absolute atomic E-state index is 12.1. The van der Waals surface area contributed by atoms with Crippen LogP contribution in [-0.2, 0) is 4.79 Å².